The quantitative estimate of drug-likeness (QED) is 0.763. The summed E-state index contributed by atoms with van der Waals surface area (Å²) in [4.78, 5) is 4.26. The van der Waals surface area contributed by atoms with Crippen LogP contribution < -0.4 is 0 Å². The molecule has 0 radical (unpaired) electrons. The SMILES string of the molecule is CC1(CO)CN=C(c2ccccc2)O1. The van der Waals surface area contributed by atoms with Crippen molar-refractivity contribution in [2.24, 2.45) is 4.99 Å². The average molecular weight is 191 g/mol. The third kappa shape index (κ3) is 1.63. The van der Waals surface area contributed by atoms with Gasteiger partial charge in [0.25, 0.3) is 0 Å². The largest absolute Gasteiger partial charge is 0.467 e. The van der Waals surface area contributed by atoms with Gasteiger partial charge in [-0.3, -0.25) is 0 Å². The molecule has 1 atom stereocenters. The average Bonchev–Trinajstić information content (AvgIpc) is 2.63. The van der Waals surface area contributed by atoms with Crippen LogP contribution in [-0.4, -0.2) is 29.8 Å². The van der Waals surface area contributed by atoms with Gasteiger partial charge in [0.2, 0.25) is 5.90 Å². The summed E-state index contributed by atoms with van der Waals surface area (Å²) in [5.41, 5.74) is 0.426. The first-order valence-corrected chi connectivity index (χ1v) is 4.63. The summed E-state index contributed by atoms with van der Waals surface area (Å²) >= 11 is 0. The van der Waals surface area contributed by atoms with E-state index in [1.54, 1.807) is 0 Å². The molecule has 0 bridgehead atoms. The number of aliphatic imine (C=N–C) groups is 1. The van der Waals surface area contributed by atoms with Crippen molar-refractivity contribution >= 4 is 5.90 Å². The fourth-order valence-corrected chi connectivity index (χ4v) is 1.35. The molecule has 0 saturated carbocycles. The van der Waals surface area contributed by atoms with E-state index in [-0.39, 0.29) is 6.61 Å². The van der Waals surface area contributed by atoms with Crippen molar-refractivity contribution in [1.29, 1.82) is 0 Å². The fraction of sp³-hybridized carbons (Fsp3) is 0.364. The molecular weight excluding hydrogens is 178 g/mol. The smallest absolute Gasteiger partial charge is 0.216 e. The molecule has 0 amide bonds. The molecular formula is C11H13NO2. The first kappa shape index (κ1) is 9.21. The van der Waals surface area contributed by atoms with Crippen molar-refractivity contribution in [3.63, 3.8) is 0 Å². The van der Waals surface area contributed by atoms with Crippen LogP contribution in [0.2, 0.25) is 0 Å². The molecule has 0 spiro atoms. The Kier molecular flexibility index (Phi) is 2.25. The maximum Gasteiger partial charge on any atom is 0.216 e. The maximum atomic E-state index is 9.09. The zero-order valence-corrected chi connectivity index (χ0v) is 8.10. The number of benzene rings is 1. The van der Waals surface area contributed by atoms with Crippen LogP contribution in [0.15, 0.2) is 35.3 Å². The Bertz CT molecular complexity index is 348. The lowest BCUT2D eigenvalue weighted by molar-refractivity contribution is 0.0400. The summed E-state index contributed by atoms with van der Waals surface area (Å²) in [6.07, 6.45) is 0. The Morgan fingerprint density at radius 1 is 1.43 bits per heavy atom. The summed E-state index contributed by atoms with van der Waals surface area (Å²) in [5, 5.41) is 9.09. The third-order valence-electron chi connectivity index (χ3n) is 2.26. The minimum Gasteiger partial charge on any atom is -0.467 e. The Morgan fingerprint density at radius 3 is 2.71 bits per heavy atom. The number of hydrogen-bond donors (Lipinski definition) is 1. The number of aliphatic hydroxyl groups excluding tert-OH is 1. The summed E-state index contributed by atoms with van der Waals surface area (Å²) in [5.74, 6) is 0.627. The van der Waals surface area contributed by atoms with E-state index < -0.39 is 5.60 Å². The van der Waals surface area contributed by atoms with Gasteiger partial charge >= 0.3 is 0 Å². The molecule has 3 nitrogen and oxygen atoms in total. The lowest BCUT2D eigenvalue weighted by Crippen LogP contribution is -2.33. The number of ether oxygens (including phenoxy) is 1. The highest BCUT2D eigenvalue weighted by Gasteiger charge is 2.32. The van der Waals surface area contributed by atoms with Crippen molar-refractivity contribution in [3.8, 4) is 0 Å². The number of hydrogen-bond acceptors (Lipinski definition) is 3. The zero-order chi connectivity index (χ0) is 10.0. The monoisotopic (exact) mass is 191 g/mol. The van der Waals surface area contributed by atoms with Crippen LogP contribution in [-0.2, 0) is 4.74 Å². The van der Waals surface area contributed by atoms with Crippen molar-refractivity contribution in [3.05, 3.63) is 35.9 Å². The topological polar surface area (TPSA) is 41.8 Å². The standard InChI is InChI=1S/C11H13NO2/c1-11(8-13)7-12-10(14-11)9-5-3-2-4-6-9/h2-6,13H,7-8H2,1H3. The van der Waals surface area contributed by atoms with Gasteiger partial charge in [-0.25, -0.2) is 4.99 Å². The lowest BCUT2D eigenvalue weighted by Gasteiger charge is -2.20. The number of aliphatic hydroxyl groups is 1. The summed E-state index contributed by atoms with van der Waals surface area (Å²) < 4.78 is 5.58. The van der Waals surface area contributed by atoms with Crippen molar-refractivity contribution in [1.82, 2.24) is 0 Å². The summed E-state index contributed by atoms with van der Waals surface area (Å²) in [6, 6.07) is 9.72. The van der Waals surface area contributed by atoms with Crippen LogP contribution in [0.3, 0.4) is 0 Å². The lowest BCUT2D eigenvalue weighted by atomic mass is 10.1. The van der Waals surface area contributed by atoms with E-state index in [1.165, 1.54) is 0 Å². The molecule has 0 aromatic heterocycles. The minimum atomic E-state index is -0.537. The van der Waals surface area contributed by atoms with Crippen molar-refractivity contribution < 1.29 is 9.84 Å². The van der Waals surface area contributed by atoms with Crippen LogP contribution in [0.5, 0.6) is 0 Å². The van der Waals surface area contributed by atoms with Gasteiger partial charge in [0.1, 0.15) is 0 Å². The second-order valence-electron chi connectivity index (χ2n) is 3.70. The van der Waals surface area contributed by atoms with Crippen LogP contribution in [0.1, 0.15) is 12.5 Å². The first-order chi connectivity index (χ1) is 6.73. The van der Waals surface area contributed by atoms with Gasteiger partial charge in [0.15, 0.2) is 5.60 Å². The van der Waals surface area contributed by atoms with Crippen LogP contribution in [0.4, 0.5) is 0 Å². The summed E-state index contributed by atoms with van der Waals surface area (Å²) in [6.45, 7) is 2.37. The van der Waals surface area contributed by atoms with Gasteiger partial charge in [-0.1, -0.05) is 18.2 Å². The molecule has 14 heavy (non-hydrogen) atoms. The van der Waals surface area contributed by atoms with Gasteiger partial charge in [-0.2, -0.15) is 0 Å². The second kappa shape index (κ2) is 3.42. The van der Waals surface area contributed by atoms with Crippen molar-refractivity contribution in [2.45, 2.75) is 12.5 Å². The van der Waals surface area contributed by atoms with Crippen LogP contribution in [0, 0.1) is 0 Å². The highest BCUT2D eigenvalue weighted by Crippen LogP contribution is 2.20. The van der Waals surface area contributed by atoms with E-state index in [2.05, 4.69) is 4.99 Å². The van der Waals surface area contributed by atoms with Gasteiger partial charge in [0, 0.05) is 5.56 Å². The molecule has 3 heteroatoms. The Morgan fingerprint density at radius 2 is 2.14 bits per heavy atom. The molecule has 1 N–H and O–H groups in total. The van der Waals surface area contributed by atoms with Gasteiger partial charge < -0.3 is 9.84 Å². The highest BCUT2D eigenvalue weighted by molar-refractivity contribution is 5.95. The molecule has 1 heterocycles. The number of rotatable bonds is 2. The first-order valence-electron chi connectivity index (χ1n) is 4.63. The normalized spacial score (nSPS) is 25.7. The molecule has 2 rings (SSSR count). The fourth-order valence-electron chi connectivity index (χ4n) is 1.35. The highest BCUT2D eigenvalue weighted by atomic mass is 16.5. The molecule has 1 aromatic carbocycles. The molecule has 0 fully saturated rings. The van der Waals surface area contributed by atoms with Gasteiger partial charge in [-0.05, 0) is 19.1 Å². The zero-order valence-electron chi connectivity index (χ0n) is 8.10. The Labute approximate surface area is 83.1 Å². The molecule has 1 aliphatic rings. The maximum absolute atomic E-state index is 9.09. The molecule has 74 valence electrons. The van der Waals surface area contributed by atoms with Gasteiger partial charge in [0.05, 0.1) is 13.2 Å². The Hall–Kier alpha value is -1.35. The molecule has 0 aliphatic carbocycles. The van der Waals surface area contributed by atoms with E-state index in [0.29, 0.717) is 12.4 Å². The predicted octanol–water partition coefficient (Wildman–Crippen LogP) is 1.21. The van der Waals surface area contributed by atoms with E-state index in [1.807, 2.05) is 37.3 Å². The van der Waals surface area contributed by atoms with Crippen LogP contribution in [0.25, 0.3) is 0 Å². The predicted molar refractivity (Wildman–Crippen MR) is 54.4 cm³/mol. The Balaban J connectivity index is 2.17. The molecule has 0 saturated heterocycles. The van der Waals surface area contributed by atoms with E-state index in [9.17, 15) is 0 Å². The molecule has 1 unspecified atom stereocenters. The van der Waals surface area contributed by atoms with E-state index in [0.717, 1.165) is 5.56 Å². The second-order valence-corrected chi connectivity index (χ2v) is 3.70. The van der Waals surface area contributed by atoms with E-state index in [4.69, 9.17) is 9.84 Å². The minimum absolute atomic E-state index is 0.00711. The van der Waals surface area contributed by atoms with E-state index >= 15 is 0 Å². The third-order valence-corrected chi connectivity index (χ3v) is 2.26. The molecule has 1 aromatic rings. The summed E-state index contributed by atoms with van der Waals surface area (Å²) in [7, 11) is 0. The molecule has 1 aliphatic heterocycles. The number of nitrogens with zero attached hydrogens (tertiary/aromatic N) is 1. The van der Waals surface area contributed by atoms with Gasteiger partial charge in [-0.15, -0.1) is 0 Å². The van der Waals surface area contributed by atoms with Crippen molar-refractivity contribution in [2.75, 3.05) is 13.2 Å². The van der Waals surface area contributed by atoms with Crippen LogP contribution >= 0.6 is 0 Å².